The summed E-state index contributed by atoms with van der Waals surface area (Å²) in [5.74, 6) is -1.04. The zero-order valence-corrected chi connectivity index (χ0v) is 16.4. The topological polar surface area (TPSA) is 111 Å². The molecular weight excluding hydrogens is 460 g/mol. The van der Waals surface area contributed by atoms with Crippen LogP contribution in [0.1, 0.15) is 41.2 Å². The molecule has 0 amide bonds. The summed E-state index contributed by atoms with van der Waals surface area (Å²) in [6.07, 6.45) is -10.5. The molecule has 2 aromatic rings. The number of rotatable bonds is 6. The number of hydrogen-bond acceptors (Lipinski definition) is 7. The first kappa shape index (κ1) is 24.2. The fourth-order valence-corrected chi connectivity index (χ4v) is 2.99. The van der Waals surface area contributed by atoms with E-state index in [4.69, 9.17) is 4.52 Å². The maximum absolute atomic E-state index is 12.9. The van der Waals surface area contributed by atoms with Gasteiger partial charge in [0.25, 0.3) is 10.0 Å². The molecule has 0 aliphatic carbocycles. The van der Waals surface area contributed by atoms with E-state index in [2.05, 4.69) is 15.0 Å². The van der Waals surface area contributed by atoms with E-state index in [1.165, 1.54) is 11.8 Å². The van der Waals surface area contributed by atoms with E-state index < -0.39 is 44.4 Å². The number of benzene rings is 1. The predicted molar refractivity (Wildman–Crippen MR) is 91.4 cm³/mol. The lowest BCUT2D eigenvalue weighted by molar-refractivity contribution is -0.143. The van der Waals surface area contributed by atoms with Crippen LogP contribution in [-0.4, -0.2) is 31.9 Å². The summed E-state index contributed by atoms with van der Waals surface area (Å²) in [4.78, 5) is 11.7. The minimum Gasteiger partial charge on any atom is -0.461 e. The number of nitrogens with zero attached hydrogens (tertiary/aromatic N) is 2. The van der Waals surface area contributed by atoms with Gasteiger partial charge in [-0.3, -0.25) is 0 Å². The van der Waals surface area contributed by atoms with Crippen molar-refractivity contribution in [1.82, 2.24) is 9.99 Å². The average molecular weight is 473 g/mol. The summed E-state index contributed by atoms with van der Waals surface area (Å²) >= 11 is 0. The zero-order valence-electron chi connectivity index (χ0n) is 15.6. The number of hydrazone groups is 1. The maximum atomic E-state index is 12.9. The van der Waals surface area contributed by atoms with Gasteiger partial charge in [0.1, 0.15) is 5.71 Å². The van der Waals surface area contributed by atoms with Crippen LogP contribution < -0.4 is 4.83 Å². The summed E-state index contributed by atoms with van der Waals surface area (Å²) in [6.45, 7) is 2.77. The number of hydrogen-bond donors (Lipinski definition) is 1. The van der Waals surface area contributed by atoms with Crippen LogP contribution in [0.25, 0.3) is 0 Å². The summed E-state index contributed by atoms with van der Waals surface area (Å²) < 4.78 is 111. The predicted octanol–water partition coefficient (Wildman–Crippen LogP) is 3.59. The lowest BCUT2D eigenvalue weighted by atomic mass is 10.1. The Morgan fingerprint density at radius 1 is 1.10 bits per heavy atom. The molecule has 0 unspecified atom stereocenters. The molecule has 1 N–H and O–H groups in total. The number of sulfonamides is 1. The number of nitrogens with one attached hydrogen (secondary N) is 1. The lowest BCUT2D eigenvalue weighted by Crippen LogP contribution is -2.22. The molecule has 1 aromatic heterocycles. The van der Waals surface area contributed by atoms with Crippen molar-refractivity contribution in [2.45, 2.75) is 31.1 Å². The highest BCUT2D eigenvalue weighted by molar-refractivity contribution is 7.89. The van der Waals surface area contributed by atoms with Gasteiger partial charge in [-0.2, -0.15) is 44.7 Å². The molecule has 0 aliphatic heterocycles. The Labute approximate surface area is 170 Å². The molecule has 0 radical (unpaired) electrons. The SMILES string of the molecule is CCOC(=O)c1cc(/C(C)=N/NS(=O)(=O)c2cc(C(F)(F)F)cc(C(F)(F)F)c2)on1. The van der Waals surface area contributed by atoms with Gasteiger partial charge >= 0.3 is 18.3 Å². The Kier molecular flexibility index (Phi) is 6.68. The quantitative estimate of drug-likeness (QED) is 0.297. The van der Waals surface area contributed by atoms with E-state index in [0.29, 0.717) is 0 Å². The fourth-order valence-electron chi connectivity index (χ4n) is 2.06. The van der Waals surface area contributed by atoms with Crippen LogP contribution in [0.2, 0.25) is 0 Å². The van der Waals surface area contributed by atoms with Crippen LogP contribution in [0.15, 0.2) is 38.8 Å². The van der Waals surface area contributed by atoms with Crippen molar-refractivity contribution in [3.8, 4) is 0 Å². The maximum Gasteiger partial charge on any atom is 0.416 e. The molecule has 0 spiro atoms. The van der Waals surface area contributed by atoms with E-state index in [-0.39, 0.29) is 42.0 Å². The second-order valence-corrected chi connectivity index (χ2v) is 7.49. The van der Waals surface area contributed by atoms with Crippen LogP contribution in [0.5, 0.6) is 0 Å². The summed E-state index contributed by atoms with van der Waals surface area (Å²) in [6, 6.07) is 0.918. The molecule has 0 fully saturated rings. The summed E-state index contributed by atoms with van der Waals surface area (Å²) in [7, 11) is -4.94. The van der Waals surface area contributed by atoms with Crippen molar-refractivity contribution in [3.63, 3.8) is 0 Å². The number of carbonyl (C=O) groups is 1. The van der Waals surface area contributed by atoms with E-state index in [1.54, 1.807) is 6.92 Å². The van der Waals surface area contributed by atoms with Gasteiger partial charge in [-0.1, -0.05) is 5.16 Å². The van der Waals surface area contributed by atoms with Gasteiger partial charge in [0.2, 0.25) is 0 Å². The van der Waals surface area contributed by atoms with Crippen molar-refractivity contribution in [2.24, 2.45) is 5.10 Å². The van der Waals surface area contributed by atoms with Gasteiger partial charge < -0.3 is 9.26 Å². The molecular formula is C16H13F6N3O5S. The molecule has 0 bridgehead atoms. The molecule has 1 aromatic carbocycles. The van der Waals surface area contributed by atoms with Crippen molar-refractivity contribution in [1.29, 1.82) is 0 Å². The minimum atomic E-state index is -5.23. The van der Waals surface area contributed by atoms with Gasteiger partial charge in [-0.15, -0.1) is 0 Å². The molecule has 0 saturated heterocycles. The first-order valence-corrected chi connectivity index (χ1v) is 9.63. The number of ether oxygens (including phenoxy) is 1. The molecule has 2 rings (SSSR count). The number of aromatic nitrogens is 1. The smallest absolute Gasteiger partial charge is 0.416 e. The van der Waals surface area contributed by atoms with Crippen molar-refractivity contribution >= 4 is 21.7 Å². The van der Waals surface area contributed by atoms with Gasteiger partial charge in [0.05, 0.1) is 22.6 Å². The standard InChI is InChI=1S/C16H13F6N3O5S/c1-3-29-14(26)12-7-13(30-24-12)8(2)23-25-31(27,28)11-5-9(15(17,18)19)4-10(6-11)16(20,21)22/h4-7,25H,3H2,1-2H3/b23-8+. The first-order chi connectivity index (χ1) is 14.1. The Morgan fingerprint density at radius 2 is 1.65 bits per heavy atom. The molecule has 0 saturated carbocycles. The Hall–Kier alpha value is -3.10. The van der Waals surface area contributed by atoms with Crippen molar-refractivity contribution in [2.75, 3.05) is 6.61 Å². The van der Waals surface area contributed by atoms with Crippen molar-refractivity contribution < 1.29 is 48.8 Å². The van der Waals surface area contributed by atoms with E-state index in [1.807, 2.05) is 0 Å². The minimum absolute atomic E-state index is 0.0374. The Morgan fingerprint density at radius 3 is 2.13 bits per heavy atom. The number of halogens is 6. The van der Waals surface area contributed by atoms with Gasteiger partial charge in [0.15, 0.2) is 11.5 Å². The molecule has 0 atom stereocenters. The third-order valence-corrected chi connectivity index (χ3v) is 4.74. The van der Waals surface area contributed by atoms with Gasteiger partial charge in [-0.05, 0) is 32.0 Å². The third-order valence-electron chi connectivity index (χ3n) is 3.56. The Balaban J connectivity index is 2.36. The zero-order chi connectivity index (χ0) is 23.6. The second-order valence-electron chi connectivity index (χ2n) is 5.83. The van der Waals surface area contributed by atoms with Gasteiger partial charge in [-0.25, -0.2) is 4.79 Å². The number of esters is 1. The lowest BCUT2D eigenvalue weighted by Gasteiger charge is -2.14. The van der Waals surface area contributed by atoms with E-state index in [9.17, 15) is 39.6 Å². The van der Waals surface area contributed by atoms with Gasteiger partial charge in [0, 0.05) is 6.07 Å². The second kappa shape index (κ2) is 8.56. The van der Waals surface area contributed by atoms with Crippen LogP contribution in [0.4, 0.5) is 26.3 Å². The largest absolute Gasteiger partial charge is 0.461 e. The highest BCUT2D eigenvalue weighted by atomic mass is 32.2. The first-order valence-electron chi connectivity index (χ1n) is 8.15. The normalized spacial score (nSPS) is 13.2. The molecule has 8 nitrogen and oxygen atoms in total. The number of carbonyl (C=O) groups excluding carboxylic acids is 1. The summed E-state index contributed by atoms with van der Waals surface area (Å²) in [5, 5.41) is 6.75. The van der Waals surface area contributed by atoms with Crippen LogP contribution in [0, 0.1) is 0 Å². The molecule has 1 heterocycles. The molecule has 31 heavy (non-hydrogen) atoms. The van der Waals surface area contributed by atoms with Crippen LogP contribution in [-0.2, 0) is 27.1 Å². The van der Waals surface area contributed by atoms with Crippen LogP contribution >= 0.6 is 0 Å². The fraction of sp³-hybridized carbons (Fsp3) is 0.312. The molecule has 15 heteroatoms. The van der Waals surface area contributed by atoms with E-state index >= 15 is 0 Å². The van der Waals surface area contributed by atoms with Crippen LogP contribution in [0.3, 0.4) is 0 Å². The molecule has 0 aliphatic rings. The third kappa shape index (κ3) is 5.96. The summed E-state index contributed by atoms with van der Waals surface area (Å²) in [5.41, 5.74) is -4.10. The monoisotopic (exact) mass is 473 g/mol. The number of alkyl halides is 6. The Bertz CT molecular complexity index is 1070. The highest BCUT2D eigenvalue weighted by Crippen LogP contribution is 2.37. The van der Waals surface area contributed by atoms with Crippen molar-refractivity contribution in [3.05, 3.63) is 46.8 Å². The highest BCUT2D eigenvalue weighted by Gasteiger charge is 2.38. The average Bonchev–Trinajstić information content (AvgIpc) is 3.15. The van der Waals surface area contributed by atoms with E-state index in [0.717, 1.165) is 6.07 Å². The molecule has 170 valence electrons.